The summed E-state index contributed by atoms with van der Waals surface area (Å²) >= 11 is 0. The molecule has 190 valence electrons. The van der Waals surface area contributed by atoms with Gasteiger partial charge in [0.25, 0.3) is 5.91 Å². The molecule has 38 heavy (non-hydrogen) atoms. The van der Waals surface area contributed by atoms with Gasteiger partial charge < -0.3 is 9.64 Å². The lowest BCUT2D eigenvalue weighted by molar-refractivity contribution is -0.127. The fourth-order valence-corrected chi connectivity index (χ4v) is 4.48. The summed E-state index contributed by atoms with van der Waals surface area (Å²) in [6.07, 6.45) is 6.46. The van der Waals surface area contributed by atoms with E-state index in [9.17, 15) is 14.4 Å². The molecular weight excluding hydrogens is 479 g/mol. The third-order valence-corrected chi connectivity index (χ3v) is 6.54. The number of rotatable bonds is 7. The van der Waals surface area contributed by atoms with Gasteiger partial charge >= 0.3 is 0 Å². The van der Waals surface area contributed by atoms with Crippen LogP contribution in [0.3, 0.4) is 0 Å². The van der Waals surface area contributed by atoms with Crippen LogP contribution in [0.4, 0.5) is 4.39 Å². The standard InChI is InChI=1S/C31H27FN4O2/c32-29-12-6-5-9-24(29)22-38-28-15-13-23(14-16-28)30-26(21-36(34-30)27-10-3-1-4-11-27)19-25(20-33)31(37)35-17-7-2-8-18-35/h1,3-6,9-16,19,21H,2,7-8,17-18,22H2. The van der Waals surface area contributed by atoms with E-state index in [0.717, 1.165) is 30.5 Å². The number of likely N-dealkylation sites (tertiary alicyclic amines) is 1. The molecule has 4 aromatic rings. The lowest BCUT2D eigenvalue weighted by Gasteiger charge is -2.26. The first-order valence-electron chi connectivity index (χ1n) is 12.6. The first kappa shape index (κ1) is 25.0. The first-order chi connectivity index (χ1) is 18.6. The lowest BCUT2D eigenvalue weighted by Crippen LogP contribution is -2.36. The Bertz CT molecular complexity index is 1480. The molecule has 0 spiro atoms. The van der Waals surface area contributed by atoms with Gasteiger partial charge in [0.1, 0.15) is 29.8 Å². The molecule has 0 bridgehead atoms. The van der Waals surface area contributed by atoms with Crippen LogP contribution in [-0.4, -0.2) is 33.7 Å². The maximum atomic E-state index is 13.9. The molecule has 1 saturated heterocycles. The van der Waals surface area contributed by atoms with Crippen molar-refractivity contribution in [1.29, 1.82) is 5.26 Å². The van der Waals surface area contributed by atoms with Gasteiger partial charge in [0.05, 0.1) is 11.4 Å². The molecule has 0 aliphatic carbocycles. The van der Waals surface area contributed by atoms with Crippen molar-refractivity contribution in [2.75, 3.05) is 13.1 Å². The highest BCUT2D eigenvalue weighted by atomic mass is 19.1. The zero-order valence-corrected chi connectivity index (χ0v) is 20.9. The molecule has 0 atom stereocenters. The molecule has 1 aliphatic rings. The van der Waals surface area contributed by atoms with E-state index in [0.29, 0.717) is 35.7 Å². The number of para-hydroxylation sites is 1. The minimum Gasteiger partial charge on any atom is -0.489 e. The van der Waals surface area contributed by atoms with Crippen LogP contribution in [-0.2, 0) is 11.4 Å². The Balaban J connectivity index is 1.45. The summed E-state index contributed by atoms with van der Waals surface area (Å²) in [4.78, 5) is 14.8. The number of carbonyl (C=O) groups is 1. The number of halogens is 1. The van der Waals surface area contributed by atoms with E-state index in [-0.39, 0.29) is 23.9 Å². The zero-order chi connectivity index (χ0) is 26.3. The number of benzene rings is 3. The fourth-order valence-electron chi connectivity index (χ4n) is 4.48. The molecule has 0 unspecified atom stereocenters. The summed E-state index contributed by atoms with van der Waals surface area (Å²) in [5, 5.41) is 14.6. The van der Waals surface area contributed by atoms with Crippen LogP contribution in [0.5, 0.6) is 5.75 Å². The minimum atomic E-state index is -0.306. The van der Waals surface area contributed by atoms with Crippen LogP contribution in [0.25, 0.3) is 23.0 Å². The number of hydrogen-bond acceptors (Lipinski definition) is 4. The quantitative estimate of drug-likeness (QED) is 0.222. The molecule has 0 N–H and O–H groups in total. The van der Waals surface area contributed by atoms with Crippen LogP contribution in [0.15, 0.2) is 90.6 Å². The van der Waals surface area contributed by atoms with Gasteiger partial charge in [0.15, 0.2) is 0 Å². The summed E-state index contributed by atoms with van der Waals surface area (Å²) in [6, 6.07) is 25.6. The van der Waals surface area contributed by atoms with Crippen LogP contribution >= 0.6 is 0 Å². The van der Waals surface area contributed by atoms with Gasteiger partial charge in [-0.2, -0.15) is 10.4 Å². The van der Waals surface area contributed by atoms with E-state index in [1.807, 2.05) is 48.7 Å². The summed E-state index contributed by atoms with van der Waals surface area (Å²) < 4.78 is 21.4. The van der Waals surface area contributed by atoms with E-state index in [1.165, 1.54) is 6.07 Å². The highest BCUT2D eigenvalue weighted by Gasteiger charge is 2.21. The first-order valence-corrected chi connectivity index (χ1v) is 12.6. The second-order valence-electron chi connectivity index (χ2n) is 9.14. The van der Waals surface area contributed by atoms with Gasteiger partial charge in [-0.25, -0.2) is 9.07 Å². The number of nitrogens with zero attached hydrogens (tertiary/aromatic N) is 4. The smallest absolute Gasteiger partial charge is 0.264 e. The number of amides is 1. The number of aromatic nitrogens is 2. The van der Waals surface area contributed by atoms with Crippen molar-refractivity contribution in [3.63, 3.8) is 0 Å². The molecule has 1 fully saturated rings. The minimum absolute atomic E-state index is 0.0885. The van der Waals surface area contributed by atoms with Crippen molar-refractivity contribution in [2.24, 2.45) is 0 Å². The van der Waals surface area contributed by atoms with Crippen LogP contribution in [0, 0.1) is 17.1 Å². The maximum absolute atomic E-state index is 13.9. The Labute approximate surface area is 221 Å². The molecule has 1 aliphatic heterocycles. The third kappa shape index (κ3) is 5.65. The average Bonchev–Trinajstić information content (AvgIpc) is 3.40. The largest absolute Gasteiger partial charge is 0.489 e. The molecule has 0 saturated carbocycles. The monoisotopic (exact) mass is 506 g/mol. The molecule has 2 heterocycles. The van der Waals surface area contributed by atoms with E-state index in [2.05, 4.69) is 6.07 Å². The molecular formula is C31H27FN4O2. The second-order valence-corrected chi connectivity index (χ2v) is 9.14. The SMILES string of the molecule is N#CC(=Cc1cn(-c2ccccc2)nc1-c1ccc(OCc2ccccc2F)cc1)C(=O)N1CCCCC1. The molecule has 6 nitrogen and oxygen atoms in total. The van der Waals surface area contributed by atoms with E-state index >= 15 is 0 Å². The van der Waals surface area contributed by atoms with Crippen LogP contribution < -0.4 is 4.74 Å². The highest BCUT2D eigenvalue weighted by Crippen LogP contribution is 2.28. The van der Waals surface area contributed by atoms with E-state index in [1.54, 1.807) is 46.0 Å². The Hall–Kier alpha value is -4.70. The number of nitriles is 1. The third-order valence-electron chi connectivity index (χ3n) is 6.54. The van der Waals surface area contributed by atoms with Crippen molar-refractivity contribution >= 4 is 12.0 Å². The molecule has 7 heteroatoms. The number of carbonyl (C=O) groups excluding carboxylic acids is 1. The summed E-state index contributed by atoms with van der Waals surface area (Å²) in [7, 11) is 0. The van der Waals surface area contributed by atoms with Gasteiger partial charge in [-0.3, -0.25) is 4.79 Å². The van der Waals surface area contributed by atoms with Crippen molar-refractivity contribution < 1.29 is 13.9 Å². The van der Waals surface area contributed by atoms with Crippen molar-refractivity contribution in [2.45, 2.75) is 25.9 Å². The van der Waals surface area contributed by atoms with Crippen LogP contribution in [0.1, 0.15) is 30.4 Å². The van der Waals surface area contributed by atoms with Crippen molar-refractivity contribution in [1.82, 2.24) is 14.7 Å². The average molecular weight is 507 g/mol. The van der Waals surface area contributed by atoms with E-state index in [4.69, 9.17) is 9.84 Å². The number of hydrogen-bond donors (Lipinski definition) is 0. The van der Waals surface area contributed by atoms with Crippen molar-refractivity contribution in [3.8, 4) is 28.8 Å². The predicted molar refractivity (Wildman–Crippen MR) is 144 cm³/mol. The summed E-state index contributed by atoms with van der Waals surface area (Å²) in [5.41, 5.74) is 3.52. The molecule has 1 amide bonds. The zero-order valence-electron chi connectivity index (χ0n) is 20.9. The van der Waals surface area contributed by atoms with Gasteiger partial charge in [0.2, 0.25) is 0 Å². The van der Waals surface area contributed by atoms with Gasteiger partial charge in [-0.1, -0.05) is 36.4 Å². The molecule has 0 radical (unpaired) electrons. The van der Waals surface area contributed by atoms with Gasteiger partial charge in [-0.05, 0) is 67.8 Å². The number of ether oxygens (including phenoxy) is 1. The van der Waals surface area contributed by atoms with Gasteiger partial charge in [-0.15, -0.1) is 0 Å². The Morgan fingerprint density at radius 3 is 2.39 bits per heavy atom. The Morgan fingerprint density at radius 1 is 0.974 bits per heavy atom. The van der Waals surface area contributed by atoms with Gasteiger partial charge in [0, 0.05) is 36.0 Å². The van der Waals surface area contributed by atoms with Crippen molar-refractivity contribution in [3.05, 3.63) is 108 Å². The fraction of sp³-hybridized carbons (Fsp3) is 0.194. The predicted octanol–water partition coefficient (Wildman–Crippen LogP) is 6.18. The van der Waals surface area contributed by atoms with E-state index < -0.39 is 0 Å². The molecule has 1 aromatic heterocycles. The lowest BCUT2D eigenvalue weighted by atomic mass is 10.0. The normalized spacial score (nSPS) is 13.7. The number of piperidine rings is 1. The highest BCUT2D eigenvalue weighted by molar-refractivity contribution is 6.02. The summed E-state index contributed by atoms with van der Waals surface area (Å²) in [6.45, 7) is 1.46. The molecule has 3 aromatic carbocycles. The summed E-state index contributed by atoms with van der Waals surface area (Å²) in [5.74, 6) is 0.0384. The maximum Gasteiger partial charge on any atom is 0.264 e. The molecule has 5 rings (SSSR count). The Kier molecular flexibility index (Phi) is 7.60. The second kappa shape index (κ2) is 11.6. The Morgan fingerprint density at radius 2 is 1.68 bits per heavy atom. The van der Waals surface area contributed by atoms with Crippen LogP contribution in [0.2, 0.25) is 0 Å². The topological polar surface area (TPSA) is 71.1 Å².